The van der Waals surface area contributed by atoms with Gasteiger partial charge in [-0.05, 0) is 31.7 Å². The van der Waals surface area contributed by atoms with Gasteiger partial charge in [-0.2, -0.15) is 0 Å². The van der Waals surface area contributed by atoms with Crippen molar-refractivity contribution in [1.82, 2.24) is 5.32 Å². The first-order valence-electron chi connectivity index (χ1n) is 4.64. The Hall–Kier alpha value is -1.09. The molecule has 0 saturated carbocycles. The summed E-state index contributed by atoms with van der Waals surface area (Å²) in [6.45, 7) is 1.81. The van der Waals surface area contributed by atoms with E-state index in [-0.39, 0.29) is 6.04 Å². The number of hydrogen-bond acceptors (Lipinski definition) is 2. The van der Waals surface area contributed by atoms with E-state index in [0.29, 0.717) is 5.56 Å². The molecule has 0 fully saturated rings. The summed E-state index contributed by atoms with van der Waals surface area (Å²) in [5.41, 5.74) is 0.674. The molecule has 0 spiro atoms. The van der Waals surface area contributed by atoms with Gasteiger partial charge in [0.25, 0.3) is 0 Å². The molecule has 2 unspecified atom stereocenters. The molecule has 0 saturated heterocycles. The molecule has 0 aliphatic rings. The first kappa shape index (κ1) is 11.0. The quantitative estimate of drug-likeness (QED) is 0.799. The maximum absolute atomic E-state index is 13.7. The summed E-state index contributed by atoms with van der Waals surface area (Å²) in [5, 5.41) is 2.89. The van der Waals surface area contributed by atoms with Gasteiger partial charge in [-0.1, -0.05) is 12.1 Å². The van der Waals surface area contributed by atoms with Crippen LogP contribution >= 0.6 is 0 Å². The highest BCUT2D eigenvalue weighted by molar-refractivity contribution is 5.29. The van der Waals surface area contributed by atoms with E-state index in [1.54, 1.807) is 38.4 Å². The second-order valence-electron chi connectivity index (χ2n) is 3.25. The second kappa shape index (κ2) is 4.96. The first-order chi connectivity index (χ1) is 6.69. The third kappa shape index (κ3) is 2.45. The van der Waals surface area contributed by atoms with Crippen LogP contribution in [0.4, 0.5) is 4.39 Å². The lowest BCUT2D eigenvalue weighted by atomic mass is 10.1. The van der Waals surface area contributed by atoms with Gasteiger partial charge in [0.1, 0.15) is 11.9 Å². The molecule has 1 aromatic rings. The summed E-state index contributed by atoms with van der Waals surface area (Å²) >= 11 is 0. The molecule has 2 atom stereocenters. The molecule has 0 aromatic heterocycles. The van der Waals surface area contributed by atoms with Crippen LogP contribution in [0.15, 0.2) is 24.3 Å². The number of hydrogen-bond donors (Lipinski definition) is 1. The van der Waals surface area contributed by atoms with Crippen LogP contribution in [0.2, 0.25) is 0 Å². The minimum atomic E-state index is -0.981. The Labute approximate surface area is 84.1 Å². The van der Waals surface area contributed by atoms with Crippen molar-refractivity contribution in [3.63, 3.8) is 0 Å². The molecular weight excluding hydrogens is 181 g/mol. The largest absolute Gasteiger partial charge is 0.497 e. The maximum Gasteiger partial charge on any atom is 0.140 e. The van der Waals surface area contributed by atoms with E-state index in [4.69, 9.17) is 4.74 Å². The molecule has 2 nitrogen and oxygen atoms in total. The van der Waals surface area contributed by atoms with Gasteiger partial charge in [0.15, 0.2) is 0 Å². The van der Waals surface area contributed by atoms with Gasteiger partial charge in [0.2, 0.25) is 0 Å². The molecule has 0 aliphatic carbocycles. The summed E-state index contributed by atoms with van der Waals surface area (Å²) < 4.78 is 18.7. The molecule has 0 radical (unpaired) electrons. The van der Waals surface area contributed by atoms with Crippen LogP contribution in [0.3, 0.4) is 0 Å². The van der Waals surface area contributed by atoms with Crippen molar-refractivity contribution in [1.29, 1.82) is 0 Å². The summed E-state index contributed by atoms with van der Waals surface area (Å²) in [4.78, 5) is 0. The van der Waals surface area contributed by atoms with Gasteiger partial charge in [-0.25, -0.2) is 4.39 Å². The van der Waals surface area contributed by atoms with E-state index < -0.39 is 6.17 Å². The number of methoxy groups -OCH3 is 1. The van der Waals surface area contributed by atoms with Crippen LogP contribution < -0.4 is 10.1 Å². The Balaban J connectivity index is 2.75. The van der Waals surface area contributed by atoms with Gasteiger partial charge < -0.3 is 10.1 Å². The maximum atomic E-state index is 13.7. The number of ether oxygens (including phenoxy) is 1. The summed E-state index contributed by atoms with van der Waals surface area (Å²) in [5.74, 6) is 0.748. The van der Waals surface area contributed by atoms with Crippen LogP contribution in [-0.4, -0.2) is 20.2 Å². The minimum Gasteiger partial charge on any atom is -0.497 e. The molecule has 78 valence electrons. The van der Waals surface area contributed by atoms with E-state index in [1.807, 2.05) is 6.92 Å². The first-order valence-corrected chi connectivity index (χ1v) is 4.64. The van der Waals surface area contributed by atoms with Crippen molar-refractivity contribution >= 4 is 0 Å². The molecule has 0 amide bonds. The molecular formula is C11H16FNO. The lowest BCUT2D eigenvalue weighted by Gasteiger charge is -2.16. The van der Waals surface area contributed by atoms with Crippen LogP contribution in [0, 0.1) is 0 Å². The number of nitrogens with one attached hydrogen (secondary N) is 1. The van der Waals surface area contributed by atoms with Crippen LogP contribution in [-0.2, 0) is 0 Å². The third-order valence-electron chi connectivity index (χ3n) is 2.33. The Bertz CT molecular complexity index is 273. The normalized spacial score (nSPS) is 14.9. The van der Waals surface area contributed by atoms with E-state index in [9.17, 15) is 4.39 Å². The molecule has 1 aromatic carbocycles. The summed E-state index contributed by atoms with van der Waals surface area (Å²) in [6, 6.07) is 6.85. The Morgan fingerprint density at radius 3 is 2.29 bits per heavy atom. The second-order valence-corrected chi connectivity index (χ2v) is 3.25. The molecule has 3 heteroatoms. The fourth-order valence-corrected chi connectivity index (χ4v) is 1.22. The smallest absolute Gasteiger partial charge is 0.140 e. The fraction of sp³-hybridized carbons (Fsp3) is 0.455. The van der Waals surface area contributed by atoms with Crippen molar-refractivity contribution in [2.24, 2.45) is 0 Å². The Morgan fingerprint density at radius 2 is 1.86 bits per heavy atom. The van der Waals surface area contributed by atoms with Gasteiger partial charge in [0.05, 0.1) is 7.11 Å². The predicted octanol–water partition coefficient (Wildman–Crippen LogP) is 2.31. The zero-order valence-corrected chi connectivity index (χ0v) is 8.75. The Kier molecular flexibility index (Phi) is 3.89. The van der Waals surface area contributed by atoms with E-state index >= 15 is 0 Å². The van der Waals surface area contributed by atoms with Gasteiger partial charge in [-0.15, -0.1) is 0 Å². The average molecular weight is 197 g/mol. The number of benzene rings is 1. The topological polar surface area (TPSA) is 21.3 Å². The van der Waals surface area contributed by atoms with Gasteiger partial charge >= 0.3 is 0 Å². The van der Waals surface area contributed by atoms with Gasteiger partial charge in [-0.3, -0.25) is 0 Å². The molecule has 0 aliphatic heterocycles. The van der Waals surface area contributed by atoms with Crippen molar-refractivity contribution in [3.05, 3.63) is 29.8 Å². The lowest BCUT2D eigenvalue weighted by molar-refractivity contribution is 0.275. The predicted molar refractivity (Wildman–Crippen MR) is 55.4 cm³/mol. The van der Waals surface area contributed by atoms with Crippen LogP contribution in [0.5, 0.6) is 5.75 Å². The molecule has 1 rings (SSSR count). The number of halogens is 1. The molecule has 14 heavy (non-hydrogen) atoms. The summed E-state index contributed by atoms with van der Waals surface area (Å²) in [6.07, 6.45) is -0.981. The monoisotopic (exact) mass is 197 g/mol. The zero-order valence-electron chi connectivity index (χ0n) is 8.75. The Morgan fingerprint density at radius 1 is 1.29 bits per heavy atom. The highest BCUT2D eigenvalue weighted by Gasteiger charge is 2.16. The van der Waals surface area contributed by atoms with E-state index in [1.165, 1.54) is 0 Å². The number of likely N-dealkylation sites (N-methyl/N-ethyl adjacent to an activating group) is 1. The highest BCUT2D eigenvalue weighted by Crippen LogP contribution is 2.23. The SMILES string of the molecule is CNC(C)C(F)c1ccc(OC)cc1. The summed E-state index contributed by atoms with van der Waals surface area (Å²) in [7, 11) is 3.35. The van der Waals surface area contributed by atoms with Crippen molar-refractivity contribution in [3.8, 4) is 5.75 Å². The minimum absolute atomic E-state index is 0.177. The standard InChI is InChI=1S/C11H16FNO/c1-8(13-2)11(12)9-4-6-10(14-3)7-5-9/h4-8,11,13H,1-3H3. The highest BCUT2D eigenvalue weighted by atomic mass is 19.1. The molecule has 0 bridgehead atoms. The van der Waals surface area contributed by atoms with Crippen molar-refractivity contribution < 1.29 is 9.13 Å². The lowest BCUT2D eigenvalue weighted by Crippen LogP contribution is -2.26. The van der Waals surface area contributed by atoms with Gasteiger partial charge in [0, 0.05) is 6.04 Å². The van der Waals surface area contributed by atoms with E-state index in [2.05, 4.69) is 5.32 Å². The van der Waals surface area contributed by atoms with Crippen LogP contribution in [0.1, 0.15) is 18.7 Å². The number of alkyl halides is 1. The number of rotatable bonds is 4. The molecule has 0 heterocycles. The van der Waals surface area contributed by atoms with Crippen molar-refractivity contribution in [2.45, 2.75) is 19.1 Å². The zero-order chi connectivity index (χ0) is 10.6. The van der Waals surface area contributed by atoms with Crippen molar-refractivity contribution in [2.75, 3.05) is 14.2 Å². The average Bonchev–Trinajstić information content (AvgIpc) is 2.27. The fourth-order valence-electron chi connectivity index (χ4n) is 1.22. The third-order valence-corrected chi connectivity index (χ3v) is 2.33. The van der Waals surface area contributed by atoms with Crippen LogP contribution in [0.25, 0.3) is 0 Å². The van der Waals surface area contributed by atoms with E-state index in [0.717, 1.165) is 5.75 Å². The molecule has 1 N–H and O–H groups in total.